The minimum Gasteiger partial charge on any atom is -0.348 e. The number of hydrogen-bond donors (Lipinski definition) is 2. The van der Waals surface area contributed by atoms with Gasteiger partial charge in [0.2, 0.25) is 0 Å². The van der Waals surface area contributed by atoms with E-state index in [0.29, 0.717) is 17.7 Å². The summed E-state index contributed by atoms with van der Waals surface area (Å²) in [4.78, 5) is 25.2. The first-order valence-electron chi connectivity index (χ1n) is 9.25. The van der Waals surface area contributed by atoms with Gasteiger partial charge in [-0.15, -0.1) is 0 Å². The van der Waals surface area contributed by atoms with Gasteiger partial charge < -0.3 is 10.6 Å². The van der Waals surface area contributed by atoms with Crippen LogP contribution in [0.1, 0.15) is 43.0 Å². The van der Waals surface area contributed by atoms with Gasteiger partial charge in [-0.3, -0.25) is 9.59 Å². The molecule has 0 spiro atoms. The molecule has 3 aromatic carbocycles. The molecule has 0 atom stereocenters. The second kappa shape index (κ2) is 8.53. The van der Waals surface area contributed by atoms with E-state index in [1.165, 1.54) is 0 Å². The van der Waals surface area contributed by atoms with Crippen molar-refractivity contribution in [3.05, 3.63) is 100 Å². The molecular formula is C24H24N2O2. The number of nitrogens with one attached hydrogen (secondary N) is 2. The summed E-state index contributed by atoms with van der Waals surface area (Å²) in [7, 11) is 0. The van der Waals surface area contributed by atoms with Crippen LogP contribution in [0.2, 0.25) is 0 Å². The van der Waals surface area contributed by atoms with Gasteiger partial charge in [-0.25, -0.2) is 0 Å². The largest absolute Gasteiger partial charge is 0.348 e. The van der Waals surface area contributed by atoms with E-state index >= 15 is 0 Å². The first-order chi connectivity index (χ1) is 13.4. The predicted octanol–water partition coefficient (Wildman–Crippen LogP) is 4.79. The van der Waals surface area contributed by atoms with Crippen molar-refractivity contribution in [2.24, 2.45) is 0 Å². The summed E-state index contributed by atoms with van der Waals surface area (Å²) in [5.74, 6) is -0.438. The van der Waals surface area contributed by atoms with Crippen LogP contribution in [0.3, 0.4) is 0 Å². The minimum atomic E-state index is -0.234. The fourth-order valence-corrected chi connectivity index (χ4v) is 2.95. The molecule has 0 aliphatic heterocycles. The molecular weight excluding hydrogens is 348 g/mol. The zero-order chi connectivity index (χ0) is 20.1. The van der Waals surface area contributed by atoms with E-state index in [4.69, 9.17) is 0 Å². The van der Waals surface area contributed by atoms with Crippen molar-refractivity contribution in [2.45, 2.75) is 27.3 Å². The van der Waals surface area contributed by atoms with E-state index in [-0.39, 0.29) is 11.8 Å². The van der Waals surface area contributed by atoms with Crippen molar-refractivity contribution in [1.29, 1.82) is 0 Å². The second-order valence-electron chi connectivity index (χ2n) is 6.96. The molecule has 0 aliphatic carbocycles. The highest BCUT2D eigenvalue weighted by atomic mass is 16.2. The van der Waals surface area contributed by atoms with Crippen LogP contribution in [0, 0.1) is 20.8 Å². The Bertz CT molecular complexity index is 1020. The Kier molecular flexibility index (Phi) is 5.90. The zero-order valence-corrected chi connectivity index (χ0v) is 16.4. The lowest BCUT2D eigenvalue weighted by Crippen LogP contribution is -2.23. The van der Waals surface area contributed by atoms with E-state index < -0.39 is 0 Å². The van der Waals surface area contributed by atoms with E-state index in [2.05, 4.69) is 10.6 Å². The van der Waals surface area contributed by atoms with E-state index in [1.807, 2.05) is 63.2 Å². The van der Waals surface area contributed by atoms with Gasteiger partial charge in [0.25, 0.3) is 11.8 Å². The first-order valence-corrected chi connectivity index (χ1v) is 9.25. The fraction of sp³-hybridized carbons (Fsp3) is 0.167. The lowest BCUT2D eigenvalue weighted by atomic mass is 10.1. The van der Waals surface area contributed by atoms with Gasteiger partial charge in [0.1, 0.15) is 0 Å². The smallest absolute Gasteiger partial charge is 0.255 e. The van der Waals surface area contributed by atoms with Crippen LogP contribution in [0.4, 0.5) is 5.69 Å². The predicted molar refractivity (Wildman–Crippen MR) is 113 cm³/mol. The molecule has 0 aromatic heterocycles. The van der Waals surface area contributed by atoms with Crippen molar-refractivity contribution < 1.29 is 9.59 Å². The van der Waals surface area contributed by atoms with Gasteiger partial charge >= 0.3 is 0 Å². The molecule has 4 nitrogen and oxygen atoms in total. The van der Waals surface area contributed by atoms with Crippen LogP contribution >= 0.6 is 0 Å². The average molecular weight is 372 g/mol. The highest BCUT2D eigenvalue weighted by Crippen LogP contribution is 2.18. The van der Waals surface area contributed by atoms with Gasteiger partial charge in [0.05, 0.1) is 0 Å². The Morgan fingerprint density at radius 1 is 0.750 bits per heavy atom. The average Bonchev–Trinajstić information content (AvgIpc) is 2.70. The monoisotopic (exact) mass is 372 g/mol. The fourth-order valence-electron chi connectivity index (χ4n) is 2.95. The summed E-state index contributed by atoms with van der Waals surface area (Å²) < 4.78 is 0. The standard InChI is InChI=1S/C24H24N2O2/c1-16-11-12-18(3)22(13-16)26-24(28)20-10-6-9-19(14-20)23(27)25-15-21-8-5-4-7-17(21)2/h4-14H,15H2,1-3H3,(H,25,27)(H,26,28). The van der Waals surface area contributed by atoms with Crippen LogP contribution in [-0.2, 0) is 6.54 Å². The molecule has 0 radical (unpaired) electrons. The van der Waals surface area contributed by atoms with E-state index in [9.17, 15) is 9.59 Å². The van der Waals surface area contributed by atoms with Crippen molar-refractivity contribution >= 4 is 17.5 Å². The minimum absolute atomic E-state index is 0.204. The van der Waals surface area contributed by atoms with Crippen LogP contribution in [-0.4, -0.2) is 11.8 Å². The van der Waals surface area contributed by atoms with E-state index in [1.54, 1.807) is 24.3 Å². The molecule has 3 rings (SSSR count). The quantitative estimate of drug-likeness (QED) is 0.676. The van der Waals surface area contributed by atoms with Crippen LogP contribution in [0.15, 0.2) is 66.7 Å². The molecule has 2 N–H and O–H groups in total. The van der Waals surface area contributed by atoms with Crippen LogP contribution < -0.4 is 10.6 Å². The summed E-state index contributed by atoms with van der Waals surface area (Å²) in [5.41, 5.74) is 5.95. The zero-order valence-electron chi connectivity index (χ0n) is 16.4. The van der Waals surface area contributed by atoms with Gasteiger partial charge in [0, 0.05) is 23.4 Å². The molecule has 0 heterocycles. The molecule has 0 unspecified atom stereocenters. The van der Waals surface area contributed by atoms with Crippen LogP contribution in [0.25, 0.3) is 0 Å². The summed E-state index contributed by atoms with van der Waals surface area (Å²) >= 11 is 0. The summed E-state index contributed by atoms with van der Waals surface area (Å²) in [6, 6.07) is 20.6. The lowest BCUT2D eigenvalue weighted by molar-refractivity contribution is 0.0951. The number of hydrogen-bond acceptors (Lipinski definition) is 2. The Labute approximate surface area is 165 Å². The number of rotatable bonds is 5. The Hall–Kier alpha value is -3.40. The number of carbonyl (C=O) groups is 2. The Morgan fingerprint density at radius 2 is 1.46 bits per heavy atom. The van der Waals surface area contributed by atoms with Gasteiger partial charge in [-0.1, -0.05) is 42.5 Å². The summed E-state index contributed by atoms with van der Waals surface area (Å²) in [6.45, 7) is 6.39. The third kappa shape index (κ3) is 4.65. The summed E-state index contributed by atoms with van der Waals surface area (Å²) in [6.07, 6.45) is 0. The number of anilines is 1. The number of benzene rings is 3. The molecule has 0 aliphatic rings. The van der Waals surface area contributed by atoms with Gasteiger partial charge in [-0.05, 0) is 67.3 Å². The summed E-state index contributed by atoms with van der Waals surface area (Å²) in [5, 5.41) is 5.85. The van der Waals surface area contributed by atoms with Crippen molar-refractivity contribution in [3.63, 3.8) is 0 Å². The van der Waals surface area contributed by atoms with Crippen molar-refractivity contribution in [3.8, 4) is 0 Å². The second-order valence-corrected chi connectivity index (χ2v) is 6.96. The first kappa shape index (κ1) is 19.4. The Balaban J connectivity index is 1.70. The molecule has 0 saturated carbocycles. The number of amides is 2. The van der Waals surface area contributed by atoms with Gasteiger partial charge in [0.15, 0.2) is 0 Å². The SMILES string of the molecule is Cc1ccc(C)c(NC(=O)c2cccc(C(=O)NCc3ccccc3C)c2)c1. The Morgan fingerprint density at radius 3 is 2.21 bits per heavy atom. The van der Waals surface area contributed by atoms with E-state index in [0.717, 1.165) is 27.9 Å². The molecule has 4 heteroatoms. The van der Waals surface area contributed by atoms with Crippen molar-refractivity contribution in [1.82, 2.24) is 5.32 Å². The number of carbonyl (C=O) groups excluding carboxylic acids is 2. The third-order valence-electron chi connectivity index (χ3n) is 4.73. The molecule has 142 valence electrons. The van der Waals surface area contributed by atoms with Gasteiger partial charge in [-0.2, -0.15) is 0 Å². The molecule has 3 aromatic rings. The molecule has 2 amide bonds. The topological polar surface area (TPSA) is 58.2 Å². The third-order valence-corrected chi connectivity index (χ3v) is 4.73. The maximum absolute atomic E-state index is 12.6. The maximum Gasteiger partial charge on any atom is 0.255 e. The van der Waals surface area contributed by atoms with Crippen LogP contribution in [0.5, 0.6) is 0 Å². The molecule has 28 heavy (non-hydrogen) atoms. The molecule has 0 fully saturated rings. The molecule has 0 bridgehead atoms. The number of aryl methyl sites for hydroxylation is 3. The normalized spacial score (nSPS) is 10.4. The lowest BCUT2D eigenvalue weighted by Gasteiger charge is -2.11. The highest BCUT2D eigenvalue weighted by Gasteiger charge is 2.12. The maximum atomic E-state index is 12.6. The van der Waals surface area contributed by atoms with Crippen molar-refractivity contribution in [2.75, 3.05) is 5.32 Å². The highest BCUT2D eigenvalue weighted by molar-refractivity contribution is 6.06. The molecule has 0 saturated heterocycles.